The van der Waals surface area contributed by atoms with E-state index in [9.17, 15) is 0 Å². The second-order valence-electron chi connectivity index (χ2n) is 12.7. The molecule has 0 N–H and O–H groups in total. The van der Waals surface area contributed by atoms with E-state index in [1.54, 1.807) is 0 Å². The number of rotatable bonds is 5. The zero-order valence-electron chi connectivity index (χ0n) is 24.4. The van der Waals surface area contributed by atoms with Gasteiger partial charge in [-0.1, -0.05) is 86.7 Å². The van der Waals surface area contributed by atoms with E-state index in [1.807, 2.05) is 0 Å². The summed E-state index contributed by atoms with van der Waals surface area (Å²) < 4.78 is 9.05. The van der Waals surface area contributed by atoms with E-state index in [1.165, 1.54) is 38.6 Å². The number of para-hydroxylation sites is 2. The molecule has 204 valence electrons. The van der Waals surface area contributed by atoms with Gasteiger partial charge in [-0.15, -0.1) is 0 Å². The first kappa shape index (κ1) is 25.9. The summed E-state index contributed by atoms with van der Waals surface area (Å²) in [5.41, 5.74) is 7.21. The van der Waals surface area contributed by atoms with Crippen molar-refractivity contribution < 1.29 is 4.65 Å². The van der Waals surface area contributed by atoms with Gasteiger partial charge in [0.15, 0.2) is 0 Å². The van der Waals surface area contributed by atoms with E-state index in [-0.39, 0.29) is 24.0 Å². The molecule has 4 aromatic carbocycles. The van der Waals surface area contributed by atoms with E-state index in [4.69, 9.17) is 4.65 Å². The molecule has 1 atom stereocenters. The lowest BCUT2D eigenvalue weighted by Crippen LogP contribution is -2.36. The maximum Gasteiger partial charge on any atom is 0.328 e. The Bertz CT molecular complexity index is 1760. The quantitative estimate of drug-likeness (QED) is 0.209. The second kappa shape index (κ2) is 9.82. The zero-order valence-corrected chi connectivity index (χ0v) is 24.4. The van der Waals surface area contributed by atoms with Crippen LogP contribution >= 0.6 is 0 Å². The smallest absolute Gasteiger partial charge is 0.328 e. The molecule has 3 nitrogen and oxygen atoms in total. The van der Waals surface area contributed by atoms with Crippen molar-refractivity contribution in [3.05, 3.63) is 121 Å². The Morgan fingerprint density at radius 3 is 2.17 bits per heavy atom. The van der Waals surface area contributed by atoms with Crippen molar-refractivity contribution in [2.24, 2.45) is 5.41 Å². The van der Waals surface area contributed by atoms with Crippen LogP contribution in [0.3, 0.4) is 0 Å². The van der Waals surface area contributed by atoms with Crippen molar-refractivity contribution in [3.63, 3.8) is 0 Å². The average molecular weight is 537 g/mol. The zero-order chi connectivity index (χ0) is 28.2. The maximum atomic E-state index is 6.64. The number of anilines is 2. The molecule has 0 saturated carbocycles. The largest absolute Gasteiger partial charge is 0.426 e. The first-order valence-corrected chi connectivity index (χ1v) is 14.8. The number of allylic oxidation sites excluding steroid dienone is 2. The van der Waals surface area contributed by atoms with Gasteiger partial charge in [0.2, 0.25) is 0 Å². The van der Waals surface area contributed by atoms with Crippen LogP contribution in [0.15, 0.2) is 121 Å². The SMILES string of the molecule is CC1(C)CB(c2ccc3c4ccccc4n(-c4ccc(N(c5ccccc5)C5C=CC=CC5)cc4)c3c2)OC1(C)C. The molecule has 1 fully saturated rings. The maximum absolute atomic E-state index is 6.64. The van der Waals surface area contributed by atoms with Crippen molar-refractivity contribution in [3.8, 4) is 5.69 Å². The predicted molar refractivity (Wildman–Crippen MR) is 175 cm³/mol. The molecular formula is C37H37BN2O. The van der Waals surface area contributed by atoms with Crippen molar-refractivity contribution in [1.82, 2.24) is 4.57 Å². The Hall–Kier alpha value is -4.02. The molecule has 0 bridgehead atoms. The first-order valence-electron chi connectivity index (χ1n) is 14.8. The van der Waals surface area contributed by atoms with Gasteiger partial charge in [-0.3, -0.25) is 0 Å². The Morgan fingerprint density at radius 2 is 1.46 bits per heavy atom. The highest BCUT2D eigenvalue weighted by Crippen LogP contribution is 2.45. The third-order valence-corrected chi connectivity index (χ3v) is 9.54. The number of hydrogen-bond donors (Lipinski definition) is 0. The van der Waals surface area contributed by atoms with E-state index in [0.717, 1.165) is 18.4 Å². The van der Waals surface area contributed by atoms with Crippen LogP contribution in [0.2, 0.25) is 6.32 Å². The summed E-state index contributed by atoms with van der Waals surface area (Å²) in [6.45, 7) is 9.18. The van der Waals surface area contributed by atoms with Gasteiger partial charge >= 0.3 is 6.92 Å². The highest BCUT2D eigenvalue weighted by atomic mass is 16.5. The molecule has 7 rings (SSSR count). The molecule has 0 spiro atoms. The Labute approximate surface area is 243 Å². The minimum atomic E-state index is -0.164. The molecule has 0 amide bonds. The first-order chi connectivity index (χ1) is 19.8. The molecule has 1 aliphatic carbocycles. The van der Waals surface area contributed by atoms with Gasteiger partial charge in [-0.2, -0.15) is 0 Å². The van der Waals surface area contributed by atoms with Gasteiger partial charge in [0.05, 0.1) is 22.7 Å². The predicted octanol–water partition coefficient (Wildman–Crippen LogP) is 8.84. The van der Waals surface area contributed by atoms with E-state index in [0.29, 0.717) is 0 Å². The molecule has 1 aromatic heterocycles. The fourth-order valence-corrected chi connectivity index (χ4v) is 6.56. The van der Waals surface area contributed by atoms with Crippen LogP contribution < -0.4 is 10.4 Å². The Balaban J connectivity index is 1.33. The molecule has 41 heavy (non-hydrogen) atoms. The van der Waals surface area contributed by atoms with Gasteiger partial charge in [0, 0.05) is 27.8 Å². The monoisotopic (exact) mass is 536 g/mol. The Kier molecular flexibility index (Phi) is 6.21. The topological polar surface area (TPSA) is 17.4 Å². The number of benzene rings is 4. The van der Waals surface area contributed by atoms with Gasteiger partial charge in [0.25, 0.3) is 0 Å². The molecule has 1 aliphatic heterocycles. The lowest BCUT2D eigenvalue weighted by molar-refractivity contribution is 0.0375. The molecular weight excluding hydrogens is 499 g/mol. The van der Waals surface area contributed by atoms with Crippen LogP contribution in [0.1, 0.15) is 34.1 Å². The molecule has 2 heterocycles. The highest BCUT2D eigenvalue weighted by Gasteiger charge is 2.49. The van der Waals surface area contributed by atoms with Crippen molar-refractivity contribution in [2.75, 3.05) is 4.90 Å². The van der Waals surface area contributed by atoms with E-state index < -0.39 is 0 Å². The molecule has 4 heteroatoms. The minimum absolute atomic E-state index is 0.0928. The van der Waals surface area contributed by atoms with E-state index >= 15 is 0 Å². The lowest BCUT2D eigenvalue weighted by atomic mass is 9.54. The molecule has 0 radical (unpaired) electrons. The average Bonchev–Trinajstić information content (AvgIpc) is 3.43. The van der Waals surface area contributed by atoms with Gasteiger partial charge in [-0.05, 0) is 86.0 Å². The third kappa shape index (κ3) is 4.42. The van der Waals surface area contributed by atoms with E-state index in [2.05, 4.69) is 159 Å². The van der Waals surface area contributed by atoms with Gasteiger partial charge in [0.1, 0.15) is 0 Å². The second-order valence-corrected chi connectivity index (χ2v) is 12.7. The minimum Gasteiger partial charge on any atom is -0.426 e. The van der Waals surface area contributed by atoms with Gasteiger partial charge in [-0.25, -0.2) is 0 Å². The third-order valence-electron chi connectivity index (χ3n) is 9.54. The summed E-state index contributed by atoms with van der Waals surface area (Å²) in [4.78, 5) is 2.44. The van der Waals surface area contributed by atoms with Crippen LogP contribution in [-0.4, -0.2) is 23.1 Å². The van der Waals surface area contributed by atoms with Crippen LogP contribution in [0.5, 0.6) is 0 Å². The summed E-state index contributed by atoms with van der Waals surface area (Å²) >= 11 is 0. The normalized spacial score (nSPS) is 19.3. The fourth-order valence-electron chi connectivity index (χ4n) is 6.56. The number of hydrogen-bond acceptors (Lipinski definition) is 2. The highest BCUT2D eigenvalue weighted by molar-refractivity contribution is 6.68. The Morgan fingerprint density at radius 1 is 0.756 bits per heavy atom. The number of aromatic nitrogens is 1. The summed E-state index contributed by atoms with van der Waals surface area (Å²) in [7, 11) is 0. The summed E-state index contributed by atoms with van der Waals surface area (Å²) in [5.74, 6) is 0. The van der Waals surface area contributed by atoms with Crippen molar-refractivity contribution in [2.45, 2.75) is 52.1 Å². The van der Waals surface area contributed by atoms with Crippen LogP contribution in [-0.2, 0) is 4.65 Å². The number of nitrogens with zero attached hydrogens (tertiary/aromatic N) is 2. The molecule has 1 saturated heterocycles. The molecule has 5 aromatic rings. The van der Waals surface area contributed by atoms with Crippen LogP contribution in [0.4, 0.5) is 11.4 Å². The van der Waals surface area contributed by atoms with Gasteiger partial charge < -0.3 is 14.1 Å². The van der Waals surface area contributed by atoms with Crippen LogP contribution in [0, 0.1) is 5.41 Å². The molecule has 1 unspecified atom stereocenters. The summed E-state index contributed by atoms with van der Waals surface area (Å²) in [6.07, 6.45) is 10.8. The standard InChI is InChI=1S/C37H37BN2O/c1-36(2)26-38(41-37(36,3)4)27-19-24-33-32-17-11-12-18-34(32)40(35(33)25-27)31-22-20-30(21-23-31)39(28-13-7-5-8-14-28)29-15-9-6-10-16-29/h5-15,17-25,29H,16,26H2,1-4H3. The van der Waals surface area contributed by atoms with Crippen molar-refractivity contribution >= 4 is 45.6 Å². The lowest BCUT2D eigenvalue weighted by Gasteiger charge is -2.34. The van der Waals surface area contributed by atoms with Crippen molar-refractivity contribution in [1.29, 1.82) is 0 Å². The summed E-state index contributed by atoms with van der Waals surface area (Å²) in [5, 5.41) is 2.55. The molecule has 2 aliphatic rings. The fraction of sp³-hybridized carbons (Fsp3) is 0.243. The van der Waals surface area contributed by atoms with Crippen LogP contribution in [0.25, 0.3) is 27.5 Å². The summed E-state index contributed by atoms with van der Waals surface area (Å²) in [6, 6.07) is 35.7. The number of fused-ring (bicyclic) bond motifs is 3.